The van der Waals surface area contributed by atoms with Crippen LogP contribution in [0.4, 0.5) is 5.69 Å². The first kappa shape index (κ1) is 18.5. The smallest absolute Gasteiger partial charge is 0.238 e. The number of rotatable bonds is 7. The molecule has 1 aromatic carbocycles. The fourth-order valence-electron chi connectivity index (χ4n) is 3.56. The van der Waals surface area contributed by atoms with Crippen molar-refractivity contribution in [1.29, 1.82) is 0 Å². The van der Waals surface area contributed by atoms with Gasteiger partial charge in [0.15, 0.2) is 0 Å². The second kappa shape index (κ2) is 7.98. The molecule has 6 heteroatoms. The number of nitrogens with zero attached hydrogens (tertiary/aromatic N) is 2. The van der Waals surface area contributed by atoms with Crippen molar-refractivity contribution in [2.75, 3.05) is 44.7 Å². The Labute approximate surface area is 155 Å². The van der Waals surface area contributed by atoms with Crippen molar-refractivity contribution in [1.82, 2.24) is 10.2 Å². The molecule has 26 heavy (non-hydrogen) atoms. The molecule has 1 N–H and O–H groups in total. The highest BCUT2D eigenvalue weighted by atomic mass is 16.5. The second-order valence-electron chi connectivity index (χ2n) is 7.14. The molecule has 2 fully saturated rings. The summed E-state index contributed by atoms with van der Waals surface area (Å²) in [6, 6.07) is 7.94. The summed E-state index contributed by atoms with van der Waals surface area (Å²) in [5, 5.41) is 2.94. The topological polar surface area (TPSA) is 61.9 Å². The number of benzene rings is 1. The SMILES string of the molecule is CCCCNC(=O)C1(C(=O)N2CCN(c3ccccc3OC)CC2)CC1. The highest BCUT2D eigenvalue weighted by Gasteiger charge is 2.58. The van der Waals surface area contributed by atoms with Gasteiger partial charge < -0.3 is 19.9 Å². The number of anilines is 1. The van der Waals surface area contributed by atoms with Crippen LogP contribution in [0.2, 0.25) is 0 Å². The molecule has 2 amide bonds. The van der Waals surface area contributed by atoms with E-state index < -0.39 is 5.41 Å². The number of para-hydroxylation sites is 2. The zero-order valence-corrected chi connectivity index (χ0v) is 15.8. The van der Waals surface area contributed by atoms with Gasteiger partial charge >= 0.3 is 0 Å². The van der Waals surface area contributed by atoms with Crippen LogP contribution in [0.15, 0.2) is 24.3 Å². The van der Waals surface area contributed by atoms with Crippen LogP contribution < -0.4 is 15.0 Å². The summed E-state index contributed by atoms with van der Waals surface area (Å²) in [5.41, 5.74) is 0.265. The predicted octanol–water partition coefficient (Wildman–Crippen LogP) is 2.04. The van der Waals surface area contributed by atoms with Crippen LogP contribution in [0.1, 0.15) is 32.6 Å². The molecular formula is C20H29N3O3. The molecule has 1 saturated carbocycles. The van der Waals surface area contributed by atoms with Crippen molar-refractivity contribution in [3.8, 4) is 5.75 Å². The summed E-state index contributed by atoms with van der Waals surface area (Å²) in [6.07, 6.45) is 3.34. The maximum atomic E-state index is 12.9. The maximum Gasteiger partial charge on any atom is 0.238 e. The molecule has 0 spiro atoms. The molecule has 1 saturated heterocycles. The third-order valence-electron chi connectivity index (χ3n) is 5.40. The first-order valence-corrected chi connectivity index (χ1v) is 9.58. The normalized spacial score (nSPS) is 18.4. The van der Waals surface area contributed by atoms with Gasteiger partial charge in [0, 0.05) is 32.7 Å². The fraction of sp³-hybridized carbons (Fsp3) is 0.600. The van der Waals surface area contributed by atoms with E-state index in [-0.39, 0.29) is 11.8 Å². The molecular weight excluding hydrogens is 330 g/mol. The summed E-state index contributed by atoms with van der Waals surface area (Å²) in [5.74, 6) is 0.774. The minimum absolute atomic E-state index is 0.00572. The molecule has 0 unspecified atom stereocenters. The average molecular weight is 359 g/mol. The Bertz CT molecular complexity index is 649. The number of carbonyl (C=O) groups is 2. The lowest BCUT2D eigenvalue weighted by atomic mass is 10.0. The number of carbonyl (C=O) groups excluding carboxylic acids is 2. The maximum absolute atomic E-state index is 12.9. The highest BCUT2D eigenvalue weighted by molar-refractivity contribution is 6.07. The second-order valence-corrected chi connectivity index (χ2v) is 7.14. The number of hydrogen-bond acceptors (Lipinski definition) is 4. The van der Waals surface area contributed by atoms with Gasteiger partial charge in [-0.3, -0.25) is 9.59 Å². The standard InChI is InChI=1S/C20H29N3O3/c1-3-4-11-21-18(24)20(9-10-20)19(25)23-14-12-22(13-15-23)16-7-5-6-8-17(16)26-2/h5-8H,3-4,9-15H2,1-2H3,(H,21,24). The molecule has 2 aliphatic rings. The van der Waals surface area contributed by atoms with E-state index in [0.29, 0.717) is 32.5 Å². The van der Waals surface area contributed by atoms with Gasteiger partial charge in [-0.1, -0.05) is 25.5 Å². The number of amides is 2. The summed E-state index contributed by atoms with van der Waals surface area (Å²) in [6.45, 7) is 5.53. The van der Waals surface area contributed by atoms with Crippen LogP contribution in [0, 0.1) is 5.41 Å². The number of nitrogens with one attached hydrogen (secondary N) is 1. The van der Waals surface area contributed by atoms with E-state index in [1.165, 1.54) is 0 Å². The lowest BCUT2D eigenvalue weighted by Crippen LogP contribution is -2.53. The van der Waals surface area contributed by atoms with E-state index in [1.807, 2.05) is 29.2 Å². The third-order valence-corrected chi connectivity index (χ3v) is 5.40. The number of unbranched alkanes of at least 4 members (excludes halogenated alkanes) is 1. The van der Waals surface area contributed by atoms with Gasteiger partial charge in [0.1, 0.15) is 11.2 Å². The summed E-state index contributed by atoms with van der Waals surface area (Å²) < 4.78 is 5.44. The number of methoxy groups -OCH3 is 1. The van der Waals surface area contributed by atoms with Crippen molar-refractivity contribution in [3.05, 3.63) is 24.3 Å². The predicted molar refractivity (Wildman–Crippen MR) is 101 cm³/mol. The van der Waals surface area contributed by atoms with E-state index in [4.69, 9.17) is 4.74 Å². The molecule has 0 aromatic heterocycles. The van der Waals surface area contributed by atoms with Crippen molar-refractivity contribution >= 4 is 17.5 Å². The lowest BCUT2D eigenvalue weighted by molar-refractivity contribution is -0.144. The van der Waals surface area contributed by atoms with Crippen molar-refractivity contribution in [2.24, 2.45) is 5.41 Å². The Hall–Kier alpha value is -2.24. The van der Waals surface area contributed by atoms with Crippen LogP contribution >= 0.6 is 0 Å². The minimum atomic E-state index is -0.791. The molecule has 6 nitrogen and oxygen atoms in total. The van der Waals surface area contributed by atoms with Crippen molar-refractivity contribution in [3.63, 3.8) is 0 Å². The van der Waals surface area contributed by atoms with E-state index in [1.54, 1.807) is 7.11 Å². The molecule has 142 valence electrons. The molecule has 1 aromatic rings. The van der Waals surface area contributed by atoms with Crippen LogP contribution in [-0.4, -0.2) is 56.5 Å². The van der Waals surface area contributed by atoms with E-state index >= 15 is 0 Å². The van der Waals surface area contributed by atoms with E-state index in [0.717, 1.165) is 37.4 Å². The van der Waals surface area contributed by atoms with E-state index in [9.17, 15) is 9.59 Å². The fourth-order valence-corrected chi connectivity index (χ4v) is 3.56. The van der Waals surface area contributed by atoms with Gasteiger partial charge in [0.2, 0.25) is 11.8 Å². The van der Waals surface area contributed by atoms with Gasteiger partial charge in [-0.2, -0.15) is 0 Å². The number of ether oxygens (including phenoxy) is 1. The third kappa shape index (κ3) is 3.64. The first-order chi connectivity index (χ1) is 12.6. The zero-order valence-electron chi connectivity index (χ0n) is 15.8. The Morgan fingerprint density at radius 2 is 1.85 bits per heavy atom. The van der Waals surface area contributed by atoms with Crippen LogP contribution in [-0.2, 0) is 9.59 Å². The van der Waals surface area contributed by atoms with Crippen LogP contribution in [0.3, 0.4) is 0 Å². The molecule has 1 aliphatic carbocycles. The highest BCUT2D eigenvalue weighted by Crippen LogP contribution is 2.47. The average Bonchev–Trinajstić information content (AvgIpc) is 3.50. The van der Waals surface area contributed by atoms with Gasteiger partial charge in [0.25, 0.3) is 0 Å². The minimum Gasteiger partial charge on any atom is -0.495 e. The quantitative estimate of drug-likeness (QED) is 0.598. The number of hydrogen-bond donors (Lipinski definition) is 1. The summed E-state index contributed by atoms with van der Waals surface area (Å²) in [7, 11) is 1.67. The van der Waals surface area contributed by atoms with Crippen molar-refractivity contribution < 1.29 is 14.3 Å². The summed E-state index contributed by atoms with van der Waals surface area (Å²) in [4.78, 5) is 29.5. The molecule has 0 radical (unpaired) electrons. The van der Waals surface area contributed by atoms with Crippen LogP contribution in [0.5, 0.6) is 5.75 Å². The van der Waals surface area contributed by atoms with Gasteiger partial charge in [0.05, 0.1) is 12.8 Å². The van der Waals surface area contributed by atoms with Crippen molar-refractivity contribution in [2.45, 2.75) is 32.6 Å². The first-order valence-electron chi connectivity index (χ1n) is 9.58. The molecule has 0 atom stereocenters. The molecule has 0 bridgehead atoms. The molecule has 3 rings (SSSR count). The Kier molecular flexibility index (Phi) is 5.69. The largest absolute Gasteiger partial charge is 0.495 e. The van der Waals surface area contributed by atoms with Gasteiger partial charge in [-0.05, 0) is 31.4 Å². The molecule has 1 aliphatic heterocycles. The number of piperazine rings is 1. The lowest BCUT2D eigenvalue weighted by Gasteiger charge is -2.38. The monoisotopic (exact) mass is 359 g/mol. The Morgan fingerprint density at radius 3 is 2.46 bits per heavy atom. The van der Waals surface area contributed by atoms with E-state index in [2.05, 4.69) is 17.1 Å². The Balaban J connectivity index is 1.58. The zero-order chi connectivity index (χ0) is 18.6. The summed E-state index contributed by atoms with van der Waals surface area (Å²) >= 11 is 0. The Morgan fingerprint density at radius 1 is 1.15 bits per heavy atom. The van der Waals surface area contributed by atoms with Gasteiger partial charge in [-0.25, -0.2) is 0 Å². The molecule has 1 heterocycles. The van der Waals surface area contributed by atoms with Crippen LogP contribution in [0.25, 0.3) is 0 Å². The van der Waals surface area contributed by atoms with Gasteiger partial charge in [-0.15, -0.1) is 0 Å².